The van der Waals surface area contributed by atoms with Crippen molar-refractivity contribution in [2.45, 2.75) is 6.54 Å². The third-order valence-electron chi connectivity index (χ3n) is 2.74. The van der Waals surface area contributed by atoms with E-state index in [1.54, 1.807) is 31.4 Å². The number of rotatable bonds is 5. The normalized spacial score (nSPS) is 10.1. The van der Waals surface area contributed by atoms with E-state index in [0.717, 1.165) is 0 Å². The molecule has 0 unspecified atom stereocenters. The Kier molecular flexibility index (Phi) is 4.05. The minimum absolute atomic E-state index is 0.0134. The van der Waals surface area contributed by atoms with Gasteiger partial charge in [-0.1, -0.05) is 0 Å². The fourth-order valence-corrected chi connectivity index (χ4v) is 1.67. The van der Waals surface area contributed by atoms with E-state index in [0.29, 0.717) is 11.3 Å². The first-order valence-electron chi connectivity index (χ1n) is 5.83. The summed E-state index contributed by atoms with van der Waals surface area (Å²) in [5.41, 5.74) is 0.495. The van der Waals surface area contributed by atoms with Crippen molar-refractivity contribution in [2.24, 2.45) is 0 Å². The molecule has 0 aliphatic rings. The second-order valence-corrected chi connectivity index (χ2v) is 3.97. The van der Waals surface area contributed by atoms with Crippen LogP contribution < -0.4 is 10.1 Å². The Morgan fingerprint density at radius 1 is 1.25 bits per heavy atom. The highest BCUT2D eigenvalue weighted by molar-refractivity contribution is 5.94. The molecule has 0 saturated heterocycles. The van der Waals surface area contributed by atoms with Gasteiger partial charge in [-0.3, -0.25) is 4.79 Å². The highest BCUT2D eigenvalue weighted by atomic mass is 16.5. The molecular formula is C14H13NO5. The molecule has 0 fully saturated rings. The summed E-state index contributed by atoms with van der Waals surface area (Å²) in [7, 11) is 1.54. The summed E-state index contributed by atoms with van der Waals surface area (Å²) in [6, 6.07) is 7.93. The van der Waals surface area contributed by atoms with E-state index < -0.39 is 5.97 Å². The number of carboxylic acids is 1. The Morgan fingerprint density at radius 3 is 2.55 bits per heavy atom. The van der Waals surface area contributed by atoms with E-state index in [4.69, 9.17) is 14.3 Å². The van der Waals surface area contributed by atoms with Crippen LogP contribution in [0.2, 0.25) is 0 Å². The maximum Gasteiger partial charge on any atom is 0.339 e. The summed E-state index contributed by atoms with van der Waals surface area (Å²) in [5, 5.41) is 11.5. The number of aromatic carboxylic acids is 1. The Balaban J connectivity index is 2.01. The van der Waals surface area contributed by atoms with Crippen molar-refractivity contribution >= 4 is 11.9 Å². The van der Waals surface area contributed by atoms with Crippen LogP contribution in [0.4, 0.5) is 0 Å². The number of hydrogen-bond acceptors (Lipinski definition) is 4. The van der Waals surface area contributed by atoms with Crippen molar-refractivity contribution in [2.75, 3.05) is 7.11 Å². The topological polar surface area (TPSA) is 88.8 Å². The van der Waals surface area contributed by atoms with Gasteiger partial charge in [0.2, 0.25) is 0 Å². The molecule has 1 heterocycles. The standard InChI is InChI=1S/C14H13NO5/c1-19-10-4-2-9(3-5-10)13(16)15-8-12-11(14(17)18)6-7-20-12/h2-7H,8H2,1H3,(H,15,16)(H,17,18). The van der Waals surface area contributed by atoms with Crippen LogP contribution >= 0.6 is 0 Å². The number of amides is 1. The maximum atomic E-state index is 11.9. The van der Waals surface area contributed by atoms with Crippen LogP contribution in [0.1, 0.15) is 26.5 Å². The van der Waals surface area contributed by atoms with Crippen molar-refractivity contribution in [1.29, 1.82) is 0 Å². The van der Waals surface area contributed by atoms with Gasteiger partial charge in [0.05, 0.1) is 19.9 Å². The lowest BCUT2D eigenvalue weighted by Crippen LogP contribution is -2.23. The SMILES string of the molecule is COc1ccc(C(=O)NCc2occc2C(=O)O)cc1. The molecule has 0 saturated carbocycles. The van der Waals surface area contributed by atoms with Gasteiger partial charge in [0.15, 0.2) is 0 Å². The predicted molar refractivity (Wildman–Crippen MR) is 69.8 cm³/mol. The zero-order valence-corrected chi connectivity index (χ0v) is 10.8. The van der Waals surface area contributed by atoms with Gasteiger partial charge < -0.3 is 19.6 Å². The van der Waals surface area contributed by atoms with Gasteiger partial charge in [0.1, 0.15) is 17.1 Å². The van der Waals surface area contributed by atoms with E-state index in [9.17, 15) is 9.59 Å². The van der Waals surface area contributed by atoms with Crippen LogP contribution in [0.25, 0.3) is 0 Å². The van der Waals surface area contributed by atoms with Crippen molar-refractivity contribution in [3.05, 3.63) is 53.5 Å². The molecular weight excluding hydrogens is 262 g/mol. The van der Waals surface area contributed by atoms with Gasteiger partial charge in [-0.2, -0.15) is 0 Å². The third kappa shape index (κ3) is 2.97. The molecule has 1 amide bonds. The van der Waals surface area contributed by atoms with Crippen molar-refractivity contribution in [3.8, 4) is 5.75 Å². The average molecular weight is 275 g/mol. The van der Waals surface area contributed by atoms with Gasteiger partial charge in [-0.25, -0.2) is 4.79 Å². The number of ether oxygens (including phenoxy) is 1. The number of furan rings is 1. The highest BCUT2D eigenvalue weighted by Crippen LogP contribution is 2.13. The number of carbonyl (C=O) groups excluding carboxylic acids is 1. The molecule has 0 aliphatic carbocycles. The number of nitrogens with one attached hydrogen (secondary N) is 1. The number of benzene rings is 1. The first kappa shape index (κ1) is 13.7. The first-order valence-corrected chi connectivity index (χ1v) is 5.83. The summed E-state index contributed by atoms with van der Waals surface area (Å²) >= 11 is 0. The highest BCUT2D eigenvalue weighted by Gasteiger charge is 2.14. The zero-order valence-electron chi connectivity index (χ0n) is 10.8. The second kappa shape index (κ2) is 5.92. The van der Waals surface area contributed by atoms with Crippen LogP contribution in [0.5, 0.6) is 5.75 Å². The number of carbonyl (C=O) groups is 2. The quantitative estimate of drug-likeness (QED) is 0.870. The molecule has 2 aromatic rings. The molecule has 6 heteroatoms. The lowest BCUT2D eigenvalue weighted by atomic mass is 10.2. The van der Waals surface area contributed by atoms with Crippen LogP contribution in [0, 0.1) is 0 Å². The summed E-state index contributed by atoms with van der Waals surface area (Å²) in [6.45, 7) is 0.0134. The largest absolute Gasteiger partial charge is 0.497 e. The Hall–Kier alpha value is -2.76. The molecule has 0 radical (unpaired) electrons. The van der Waals surface area contributed by atoms with Crippen LogP contribution in [0.3, 0.4) is 0 Å². The van der Waals surface area contributed by atoms with Gasteiger partial charge in [-0.15, -0.1) is 0 Å². The maximum absolute atomic E-state index is 11.9. The smallest absolute Gasteiger partial charge is 0.339 e. The van der Waals surface area contributed by atoms with E-state index in [1.165, 1.54) is 12.3 Å². The molecule has 2 rings (SSSR count). The molecule has 2 N–H and O–H groups in total. The van der Waals surface area contributed by atoms with Gasteiger partial charge in [0, 0.05) is 5.56 Å². The number of hydrogen-bond donors (Lipinski definition) is 2. The second-order valence-electron chi connectivity index (χ2n) is 3.97. The molecule has 0 bridgehead atoms. The van der Waals surface area contributed by atoms with Crippen molar-refractivity contribution < 1.29 is 23.8 Å². The van der Waals surface area contributed by atoms with E-state index in [1.807, 2.05) is 0 Å². The van der Waals surface area contributed by atoms with E-state index in [-0.39, 0.29) is 23.8 Å². The fraction of sp³-hybridized carbons (Fsp3) is 0.143. The van der Waals surface area contributed by atoms with Crippen molar-refractivity contribution in [1.82, 2.24) is 5.32 Å². The minimum Gasteiger partial charge on any atom is -0.497 e. The summed E-state index contributed by atoms with van der Waals surface area (Å²) in [5.74, 6) is -0.548. The molecule has 6 nitrogen and oxygen atoms in total. The lowest BCUT2D eigenvalue weighted by Gasteiger charge is -2.05. The average Bonchev–Trinajstić information content (AvgIpc) is 2.93. The van der Waals surface area contributed by atoms with Gasteiger partial charge in [-0.05, 0) is 30.3 Å². The van der Waals surface area contributed by atoms with Crippen LogP contribution in [-0.4, -0.2) is 24.1 Å². The van der Waals surface area contributed by atoms with E-state index >= 15 is 0 Å². The fourth-order valence-electron chi connectivity index (χ4n) is 1.67. The number of methoxy groups -OCH3 is 1. The van der Waals surface area contributed by atoms with Gasteiger partial charge in [0.25, 0.3) is 5.91 Å². The molecule has 0 spiro atoms. The third-order valence-corrected chi connectivity index (χ3v) is 2.74. The Bertz CT molecular complexity index is 615. The Morgan fingerprint density at radius 2 is 1.95 bits per heavy atom. The predicted octanol–water partition coefficient (Wildman–Crippen LogP) is 1.92. The molecule has 104 valence electrons. The number of carboxylic acid groups (broad SMARTS) is 1. The summed E-state index contributed by atoms with van der Waals surface area (Å²) in [6.07, 6.45) is 1.28. The summed E-state index contributed by atoms with van der Waals surface area (Å²) < 4.78 is 10.0. The Labute approximate surface area is 115 Å². The minimum atomic E-state index is -1.09. The van der Waals surface area contributed by atoms with E-state index in [2.05, 4.69) is 5.32 Å². The monoisotopic (exact) mass is 275 g/mol. The molecule has 1 aromatic carbocycles. The molecule has 1 aromatic heterocycles. The molecule has 20 heavy (non-hydrogen) atoms. The van der Waals surface area contributed by atoms with Crippen LogP contribution in [0.15, 0.2) is 41.0 Å². The van der Waals surface area contributed by atoms with Gasteiger partial charge >= 0.3 is 5.97 Å². The molecule has 0 atom stereocenters. The lowest BCUT2D eigenvalue weighted by molar-refractivity contribution is 0.0693. The zero-order chi connectivity index (χ0) is 14.5. The van der Waals surface area contributed by atoms with Crippen LogP contribution in [-0.2, 0) is 6.54 Å². The summed E-state index contributed by atoms with van der Waals surface area (Å²) in [4.78, 5) is 22.8. The first-order chi connectivity index (χ1) is 9.61. The van der Waals surface area contributed by atoms with Crippen molar-refractivity contribution in [3.63, 3.8) is 0 Å². The molecule has 0 aliphatic heterocycles.